The standard InChI is InChI=1S/C3H3N2OS/c6-3-5-4-1-2-7-3/h2H2,(H,5,6). The molecule has 1 rings (SSSR count). The van der Waals surface area contributed by atoms with Crippen LogP contribution in [0.25, 0.3) is 0 Å². The topological polar surface area (TPSA) is 41.5 Å². The maximum atomic E-state index is 10.2. The summed E-state index contributed by atoms with van der Waals surface area (Å²) in [4.78, 5) is 10.2. The summed E-state index contributed by atoms with van der Waals surface area (Å²) in [6.45, 7) is 0. The van der Waals surface area contributed by atoms with Gasteiger partial charge in [0.05, 0.1) is 6.21 Å². The second kappa shape index (κ2) is 1.97. The molecule has 0 fully saturated rings. The molecule has 37 valence electrons. The normalized spacial score (nSPS) is 19.1. The molecule has 0 aromatic carbocycles. The van der Waals surface area contributed by atoms with Gasteiger partial charge in [0.15, 0.2) is 0 Å². The molecule has 3 nitrogen and oxygen atoms in total. The van der Waals surface area contributed by atoms with Crippen LogP contribution < -0.4 is 5.43 Å². The molecule has 7 heavy (non-hydrogen) atoms. The molecule has 1 aliphatic rings. The number of carbonyl (C=O) groups excluding carboxylic acids is 1. The Bertz CT molecular complexity index is 112. The van der Waals surface area contributed by atoms with Gasteiger partial charge in [0, 0.05) is 5.75 Å². The van der Waals surface area contributed by atoms with Crippen LogP contribution in [0.2, 0.25) is 0 Å². The Labute approximate surface area is 45.2 Å². The number of hydrogen-bond acceptors (Lipinski definition) is 3. The van der Waals surface area contributed by atoms with Crippen LogP contribution in [-0.4, -0.2) is 17.2 Å². The Balaban J connectivity index is 2.47. The van der Waals surface area contributed by atoms with Crippen molar-refractivity contribution in [3.05, 3.63) is 0 Å². The predicted octanol–water partition coefficient (Wildman–Crippen LogP) is 0.306. The van der Waals surface area contributed by atoms with Crippen molar-refractivity contribution < 1.29 is 4.79 Å². The maximum Gasteiger partial charge on any atom is 0.299 e. The van der Waals surface area contributed by atoms with Crippen molar-refractivity contribution in [1.29, 1.82) is 0 Å². The molecule has 0 aliphatic carbocycles. The molecular weight excluding hydrogens is 112 g/mol. The minimum absolute atomic E-state index is 0.0984. The zero-order chi connectivity index (χ0) is 5.11. The second-order valence-corrected chi connectivity index (χ2v) is 1.91. The summed E-state index contributed by atoms with van der Waals surface area (Å²) in [6, 6.07) is 0. The average molecular weight is 115 g/mol. The van der Waals surface area contributed by atoms with E-state index in [4.69, 9.17) is 0 Å². The highest BCUT2D eigenvalue weighted by Crippen LogP contribution is 2.00. The molecule has 0 saturated heterocycles. The SMILES string of the molecule is O=C1NN=[C]CS1. The lowest BCUT2D eigenvalue weighted by Crippen LogP contribution is -2.16. The third-order valence-corrected chi connectivity index (χ3v) is 1.12. The van der Waals surface area contributed by atoms with E-state index in [1.165, 1.54) is 0 Å². The minimum atomic E-state index is -0.0984. The monoisotopic (exact) mass is 115 g/mol. The Morgan fingerprint density at radius 3 is 3.14 bits per heavy atom. The van der Waals surface area contributed by atoms with Crippen LogP contribution in [0.3, 0.4) is 0 Å². The summed E-state index contributed by atoms with van der Waals surface area (Å²) in [5.41, 5.74) is 2.22. The van der Waals surface area contributed by atoms with Gasteiger partial charge in [-0.1, -0.05) is 11.8 Å². The molecule has 0 aromatic heterocycles. The van der Waals surface area contributed by atoms with Gasteiger partial charge in [-0.3, -0.25) is 4.79 Å². The summed E-state index contributed by atoms with van der Waals surface area (Å²) < 4.78 is 0. The highest BCUT2D eigenvalue weighted by atomic mass is 32.2. The first kappa shape index (κ1) is 4.64. The van der Waals surface area contributed by atoms with Gasteiger partial charge >= 0.3 is 0 Å². The molecule has 0 unspecified atom stereocenters. The number of rotatable bonds is 0. The molecule has 4 heteroatoms. The van der Waals surface area contributed by atoms with E-state index in [0.29, 0.717) is 5.75 Å². The first-order chi connectivity index (χ1) is 3.39. The van der Waals surface area contributed by atoms with Crippen molar-refractivity contribution in [1.82, 2.24) is 5.43 Å². The predicted molar refractivity (Wildman–Crippen MR) is 28.4 cm³/mol. The fourth-order valence-electron chi connectivity index (χ4n) is 0.248. The van der Waals surface area contributed by atoms with Crippen molar-refractivity contribution in [3.63, 3.8) is 0 Å². The van der Waals surface area contributed by atoms with E-state index < -0.39 is 0 Å². The third kappa shape index (κ3) is 1.19. The molecule has 1 heterocycles. The number of nitrogens with one attached hydrogen (secondary N) is 1. The lowest BCUT2D eigenvalue weighted by molar-refractivity contribution is 0.261. The van der Waals surface area contributed by atoms with Crippen LogP contribution >= 0.6 is 11.8 Å². The number of carbonyl (C=O) groups is 1. The summed E-state index contributed by atoms with van der Waals surface area (Å²) in [5.74, 6) is 0.575. The summed E-state index contributed by atoms with van der Waals surface area (Å²) in [7, 11) is 0. The number of thioether (sulfide) groups is 1. The smallest absolute Gasteiger partial charge is 0.260 e. The van der Waals surface area contributed by atoms with Crippen molar-refractivity contribution in [2.24, 2.45) is 5.10 Å². The van der Waals surface area contributed by atoms with E-state index in [-0.39, 0.29) is 5.24 Å². The molecule has 1 amide bonds. The molecule has 0 spiro atoms. The van der Waals surface area contributed by atoms with Crippen molar-refractivity contribution in [2.45, 2.75) is 0 Å². The maximum absolute atomic E-state index is 10.2. The molecule has 0 saturated carbocycles. The average Bonchev–Trinajstić information content (AvgIpc) is 1.69. The van der Waals surface area contributed by atoms with Crippen LogP contribution in [0.1, 0.15) is 0 Å². The summed E-state index contributed by atoms with van der Waals surface area (Å²) in [5, 5.41) is 3.29. The molecule has 1 N–H and O–H groups in total. The van der Waals surface area contributed by atoms with Crippen LogP contribution in [-0.2, 0) is 0 Å². The Morgan fingerprint density at radius 1 is 2.00 bits per heavy atom. The Morgan fingerprint density at radius 2 is 2.86 bits per heavy atom. The van der Waals surface area contributed by atoms with E-state index >= 15 is 0 Å². The number of nitrogens with zero attached hydrogens (tertiary/aromatic N) is 1. The molecule has 1 radical (unpaired) electrons. The minimum Gasteiger partial charge on any atom is -0.260 e. The zero-order valence-electron chi connectivity index (χ0n) is 3.47. The third-order valence-electron chi connectivity index (χ3n) is 0.494. The molecule has 1 aliphatic heterocycles. The van der Waals surface area contributed by atoms with Gasteiger partial charge in [-0.25, -0.2) is 5.43 Å². The highest BCUT2D eigenvalue weighted by molar-refractivity contribution is 8.14. The van der Waals surface area contributed by atoms with Gasteiger partial charge in [0.1, 0.15) is 0 Å². The quantitative estimate of drug-likeness (QED) is 0.493. The van der Waals surface area contributed by atoms with Crippen LogP contribution in [0.5, 0.6) is 0 Å². The lowest BCUT2D eigenvalue weighted by Gasteiger charge is -1.98. The van der Waals surface area contributed by atoms with E-state index in [1.54, 1.807) is 0 Å². The van der Waals surface area contributed by atoms with Crippen LogP contribution in [0, 0.1) is 0 Å². The van der Waals surface area contributed by atoms with Crippen molar-refractivity contribution in [3.8, 4) is 0 Å². The van der Waals surface area contributed by atoms with E-state index in [0.717, 1.165) is 11.8 Å². The summed E-state index contributed by atoms with van der Waals surface area (Å²) >= 11 is 1.16. The number of amides is 1. The molecule has 0 bridgehead atoms. The second-order valence-electron chi connectivity index (χ2n) is 0.958. The van der Waals surface area contributed by atoms with Crippen LogP contribution in [0.4, 0.5) is 4.79 Å². The van der Waals surface area contributed by atoms with Gasteiger partial charge in [-0.05, 0) is 0 Å². The Hall–Kier alpha value is -0.510. The van der Waals surface area contributed by atoms with Gasteiger partial charge < -0.3 is 0 Å². The fourth-order valence-corrected chi connectivity index (χ4v) is 0.618. The number of hydrazone groups is 1. The van der Waals surface area contributed by atoms with Gasteiger partial charge in [-0.2, -0.15) is 5.10 Å². The lowest BCUT2D eigenvalue weighted by atomic mass is 10.9. The first-order valence-corrected chi connectivity index (χ1v) is 2.73. The van der Waals surface area contributed by atoms with Crippen molar-refractivity contribution >= 4 is 23.2 Å². The number of hydrogen-bond donors (Lipinski definition) is 1. The Kier molecular flexibility index (Phi) is 1.31. The summed E-state index contributed by atoms with van der Waals surface area (Å²) in [6.07, 6.45) is 2.57. The van der Waals surface area contributed by atoms with E-state index in [9.17, 15) is 4.79 Å². The first-order valence-electron chi connectivity index (χ1n) is 1.75. The van der Waals surface area contributed by atoms with Gasteiger partial charge in [0.2, 0.25) is 0 Å². The van der Waals surface area contributed by atoms with Gasteiger partial charge in [0.25, 0.3) is 5.24 Å². The van der Waals surface area contributed by atoms with E-state index in [2.05, 4.69) is 16.7 Å². The van der Waals surface area contributed by atoms with Crippen molar-refractivity contribution in [2.75, 3.05) is 5.75 Å². The zero-order valence-corrected chi connectivity index (χ0v) is 4.29. The molecular formula is C3H3N2OS. The molecule has 0 aromatic rings. The van der Waals surface area contributed by atoms with Crippen LogP contribution in [0.15, 0.2) is 5.10 Å². The van der Waals surface area contributed by atoms with Gasteiger partial charge in [-0.15, -0.1) is 0 Å². The van der Waals surface area contributed by atoms with E-state index in [1.807, 2.05) is 0 Å². The fraction of sp³-hybridized carbons (Fsp3) is 0.333. The highest BCUT2D eigenvalue weighted by Gasteiger charge is 2.01. The largest absolute Gasteiger partial charge is 0.299 e. The molecule has 0 atom stereocenters.